The lowest BCUT2D eigenvalue weighted by molar-refractivity contribution is -0.274. The fraction of sp³-hybridized carbons (Fsp3) is 0.556. The van der Waals surface area contributed by atoms with Crippen LogP contribution in [0, 0.1) is 0 Å². The van der Waals surface area contributed by atoms with E-state index < -0.39 is 27.9 Å². The largest absolute Gasteiger partial charge is 0.573 e. The van der Waals surface area contributed by atoms with Crippen LogP contribution in [0.4, 0.5) is 13.2 Å². The Morgan fingerprint density at radius 1 is 1.11 bits per heavy atom. The van der Waals surface area contributed by atoms with Crippen molar-refractivity contribution in [2.24, 2.45) is 0 Å². The Labute approximate surface area is 161 Å². The Morgan fingerprint density at radius 3 is 2.32 bits per heavy atom. The first-order valence-electron chi connectivity index (χ1n) is 9.11. The molecule has 1 aliphatic carbocycles. The lowest BCUT2D eigenvalue weighted by Crippen LogP contribution is -2.54. The minimum absolute atomic E-state index is 0.0718. The molecule has 3 aliphatic rings. The van der Waals surface area contributed by atoms with Gasteiger partial charge >= 0.3 is 6.36 Å². The quantitative estimate of drug-likeness (QED) is 0.689. The first kappa shape index (κ1) is 19.7. The number of nitrogens with zero attached hydrogens (tertiary/aromatic N) is 2. The van der Waals surface area contributed by atoms with E-state index in [9.17, 15) is 21.6 Å². The van der Waals surface area contributed by atoms with Crippen molar-refractivity contribution in [1.82, 2.24) is 9.21 Å². The van der Waals surface area contributed by atoms with Crippen molar-refractivity contribution in [3.05, 3.63) is 35.9 Å². The Kier molecular flexibility index (Phi) is 4.93. The molecule has 1 spiro atoms. The minimum Gasteiger partial charge on any atom is -0.406 e. The topological polar surface area (TPSA) is 59.1 Å². The van der Waals surface area contributed by atoms with Crippen molar-refractivity contribution >= 4 is 10.0 Å². The third-order valence-corrected chi connectivity index (χ3v) is 7.29. The second-order valence-corrected chi connectivity index (χ2v) is 9.10. The molecule has 10 heteroatoms. The number of allylic oxidation sites excluding steroid dienone is 1. The number of ether oxygens (including phenoxy) is 2. The summed E-state index contributed by atoms with van der Waals surface area (Å²) in [5.74, 6) is -0.457. The van der Waals surface area contributed by atoms with E-state index in [1.165, 1.54) is 9.88 Å². The first-order chi connectivity index (χ1) is 13.2. The Bertz CT molecular complexity index is 860. The number of benzene rings is 1. The highest BCUT2D eigenvalue weighted by Crippen LogP contribution is 2.39. The normalized spacial score (nSPS) is 23.0. The molecular weight excluding hydrogens is 397 g/mol. The first-order valence-corrected chi connectivity index (χ1v) is 10.5. The smallest absolute Gasteiger partial charge is 0.406 e. The van der Waals surface area contributed by atoms with Crippen molar-refractivity contribution in [3.8, 4) is 5.75 Å². The molecule has 2 aliphatic heterocycles. The molecule has 0 saturated carbocycles. The highest BCUT2D eigenvalue weighted by atomic mass is 32.2. The average Bonchev–Trinajstić information content (AvgIpc) is 3.34. The van der Waals surface area contributed by atoms with Crippen LogP contribution >= 0.6 is 0 Å². The molecule has 0 bridgehead atoms. The number of piperidine rings is 1. The number of sulfonamides is 1. The van der Waals surface area contributed by atoms with Crippen molar-refractivity contribution < 1.29 is 31.1 Å². The van der Waals surface area contributed by atoms with E-state index >= 15 is 0 Å². The Morgan fingerprint density at radius 2 is 1.75 bits per heavy atom. The third kappa shape index (κ3) is 4.05. The zero-order chi connectivity index (χ0) is 20.0. The van der Waals surface area contributed by atoms with Gasteiger partial charge in [-0.3, -0.25) is 4.90 Å². The number of halogens is 3. The molecule has 2 heterocycles. The van der Waals surface area contributed by atoms with Gasteiger partial charge in [-0.1, -0.05) is 11.6 Å². The lowest BCUT2D eigenvalue weighted by atomic mass is 10.0. The van der Waals surface area contributed by atoms with Crippen LogP contribution in [0.1, 0.15) is 19.3 Å². The van der Waals surface area contributed by atoms with Gasteiger partial charge in [0.05, 0.1) is 11.5 Å². The fourth-order valence-electron chi connectivity index (χ4n) is 3.82. The summed E-state index contributed by atoms with van der Waals surface area (Å²) in [6, 6.07) is 4.29. The molecule has 6 nitrogen and oxygen atoms in total. The van der Waals surface area contributed by atoms with Crippen molar-refractivity contribution in [3.63, 3.8) is 0 Å². The van der Waals surface area contributed by atoms with E-state index in [0.717, 1.165) is 50.3 Å². The van der Waals surface area contributed by atoms with Gasteiger partial charge in [0.2, 0.25) is 10.0 Å². The van der Waals surface area contributed by atoms with Gasteiger partial charge in [-0.25, -0.2) is 8.42 Å². The molecule has 1 aromatic rings. The van der Waals surface area contributed by atoms with E-state index in [1.54, 1.807) is 0 Å². The maximum absolute atomic E-state index is 13.1. The van der Waals surface area contributed by atoms with Crippen LogP contribution in [0.15, 0.2) is 40.8 Å². The zero-order valence-electron chi connectivity index (χ0n) is 15.1. The van der Waals surface area contributed by atoms with Crippen molar-refractivity contribution in [2.45, 2.75) is 36.2 Å². The molecule has 0 amide bonds. The highest BCUT2D eigenvalue weighted by Gasteiger charge is 2.50. The van der Waals surface area contributed by atoms with Crippen LogP contribution in [-0.4, -0.2) is 62.5 Å². The molecular formula is C18H21F3N2O4S. The van der Waals surface area contributed by atoms with Gasteiger partial charge < -0.3 is 9.47 Å². The van der Waals surface area contributed by atoms with Gasteiger partial charge in [-0.2, -0.15) is 4.31 Å². The molecule has 0 radical (unpaired) electrons. The number of hydrogen-bond acceptors (Lipinski definition) is 5. The Balaban J connectivity index is 1.49. The molecule has 2 saturated heterocycles. The molecule has 0 N–H and O–H groups in total. The maximum Gasteiger partial charge on any atom is 0.573 e. The average molecular weight is 418 g/mol. The number of likely N-dealkylation sites (tertiary alicyclic amines) is 1. The molecule has 2 fully saturated rings. The lowest BCUT2D eigenvalue weighted by Gasteiger charge is -2.42. The fourth-order valence-corrected chi connectivity index (χ4v) is 5.54. The van der Waals surface area contributed by atoms with Gasteiger partial charge in [0.15, 0.2) is 0 Å². The molecule has 0 atom stereocenters. The van der Waals surface area contributed by atoms with Gasteiger partial charge in [-0.15, -0.1) is 13.2 Å². The third-order valence-electron chi connectivity index (χ3n) is 5.32. The molecule has 1 aromatic carbocycles. The van der Waals surface area contributed by atoms with Crippen molar-refractivity contribution in [2.75, 3.05) is 32.8 Å². The van der Waals surface area contributed by atoms with Crippen LogP contribution in [0.3, 0.4) is 0 Å². The summed E-state index contributed by atoms with van der Waals surface area (Å²) >= 11 is 0. The van der Waals surface area contributed by atoms with E-state index in [-0.39, 0.29) is 11.4 Å². The predicted octanol–water partition coefficient (Wildman–Crippen LogP) is 2.73. The number of rotatable bonds is 5. The summed E-state index contributed by atoms with van der Waals surface area (Å²) in [6.45, 7) is 2.93. The predicted molar refractivity (Wildman–Crippen MR) is 94.1 cm³/mol. The summed E-state index contributed by atoms with van der Waals surface area (Å²) in [4.78, 5) is 2.22. The molecule has 154 valence electrons. The van der Waals surface area contributed by atoms with Gasteiger partial charge in [0.1, 0.15) is 11.5 Å². The summed E-state index contributed by atoms with van der Waals surface area (Å²) in [6.07, 6.45) is -0.451. The van der Waals surface area contributed by atoms with Crippen LogP contribution in [0.2, 0.25) is 0 Å². The maximum atomic E-state index is 13.1. The minimum atomic E-state index is -4.82. The molecule has 28 heavy (non-hydrogen) atoms. The zero-order valence-corrected chi connectivity index (χ0v) is 15.9. The van der Waals surface area contributed by atoms with Crippen LogP contribution < -0.4 is 4.74 Å². The summed E-state index contributed by atoms with van der Waals surface area (Å²) < 4.78 is 74.2. The van der Waals surface area contributed by atoms with Crippen LogP contribution in [-0.2, 0) is 14.8 Å². The van der Waals surface area contributed by atoms with Crippen molar-refractivity contribution in [1.29, 1.82) is 0 Å². The van der Waals surface area contributed by atoms with Crippen LogP contribution in [0.25, 0.3) is 0 Å². The van der Waals surface area contributed by atoms with E-state index in [2.05, 4.69) is 15.7 Å². The van der Waals surface area contributed by atoms with E-state index in [4.69, 9.17) is 4.74 Å². The highest BCUT2D eigenvalue weighted by molar-refractivity contribution is 7.89. The molecule has 0 aromatic heterocycles. The van der Waals surface area contributed by atoms with Gasteiger partial charge in [0.25, 0.3) is 0 Å². The summed E-state index contributed by atoms with van der Waals surface area (Å²) in [7, 11) is -3.89. The summed E-state index contributed by atoms with van der Waals surface area (Å²) in [5.41, 5.74) is 0.531. The standard InChI is InChI=1S/C18H21F3N2O4S/c19-18(20,21)27-15-3-5-16(6-4-15)28(24,25)23-11-12-26-17(23)7-9-22(10-8-17)13-14-1-2-14/h1,3-6H,2,7-13H2. The van der Waals surface area contributed by atoms with Gasteiger partial charge in [-0.05, 0) is 30.7 Å². The second-order valence-electron chi connectivity index (χ2n) is 7.23. The summed E-state index contributed by atoms with van der Waals surface area (Å²) in [5, 5.41) is 0. The van der Waals surface area contributed by atoms with Crippen LogP contribution in [0.5, 0.6) is 5.75 Å². The monoisotopic (exact) mass is 418 g/mol. The number of hydrogen-bond donors (Lipinski definition) is 0. The SMILES string of the molecule is O=S(=O)(c1ccc(OC(F)(F)F)cc1)N1CCOC12CCN(CC1=CC1)CC2. The number of alkyl halides is 3. The second kappa shape index (κ2) is 7.01. The molecule has 0 unspecified atom stereocenters. The van der Waals surface area contributed by atoms with E-state index in [0.29, 0.717) is 19.4 Å². The van der Waals surface area contributed by atoms with Gasteiger partial charge in [0, 0.05) is 39.0 Å². The van der Waals surface area contributed by atoms with E-state index in [1.807, 2.05) is 0 Å². The Hall–Kier alpha value is -1.62. The molecule has 4 rings (SSSR count).